The lowest BCUT2D eigenvalue weighted by molar-refractivity contribution is 0.166. The molecule has 124 valence electrons. The average Bonchev–Trinajstić information content (AvgIpc) is 3.11. The Balaban J connectivity index is 1.95. The molecular weight excluding hydrogens is 276 g/mol. The molecule has 1 saturated heterocycles. The lowest BCUT2D eigenvalue weighted by Gasteiger charge is -2.26. The van der Waals surface area contributed by atoms with E-state index >= 15 is 0 Å². The summed E-state index contributed by atoms with van der Waals surface area (Å²) < 4.78 is 2.33. The van der Waals surface area contributed by atoms with Crippen molar-refractivity contribution in [2.75, 3.05) is 26.2 Å². The van der Waals surface area contributed by atoms with Gasteiger partial charge in [0, 0.05) is 51.0 Å². The highest BCUT2D eigenvalue weighted by Gasteiger charge is 2.29. The first-order valence-corrected chi connectivity index (χ1v) is 8.65. The second-order valence-corrected chi connectivity index (χ2v) is 6.23. The molecule has 0 aliphatic carbocycles. The summed E-state index contributed by atoms with van der Waals surface area (Å²) in [5, 5.41) is 0. The molecule has 1 aromatic heterocycles. The summed E-state index contributed by atoms with van der Waals surface area (Å²) in [7, 11) is 0. The molecule has 0 bridgehead atoms. The first kappa shape index (κ1) is 16.8. The Morgan fingerprint density at radius 1 is 1.36 bits per heavy atom. The molecule has 0 saturated carbocycles. The zero-order valence-electron chi connectivity index (χ0n) is 14.5. The summed E-state index contributed by atoms with van der Waals surface area (Å²) in [5.41, 5.74) is 1.24. The first-order valence-electron chi connectivity index (χ1n) is 8.65. The number of carbonyl (C=O) groups excluding carboxylic acids is 1. The van der Waals surface area contributed by atoms with Crippen LogP contribution >= 0.6 is 0 Å². The van der Waals surface area contributed by atoms with Gasteiger partial charge in [0.05, 0.1) is 0 Å². The van der Waals surface area contributed by atoms with E-state index < -0.39 is 0 Å². The van der Waals surface area contributed by atoms with E-state index in [0.29, 0.717) is 5.92 Å². The van der Waals surface area contributed by atoms with Crippen LogP contribution in [0.1, 0.15) is 45.1 Å². The van der Waals surface area contributed by atoms with Gasteiger partial charge in [-0.3, -0.25) is 0 Å². The second-order valence-electron chi connectivity index (χ2n) is 6.23. The standard InChI is InChI=1S/C17H30N4O/c1-5-9-21-14(4)12-18-16(21)11-15-8-10-20(13-15)17(22)19(6-2)7-3/h12,15H,5-11,13H2,1-4H3. The number of imidazole rings is 1. The summed E-state index contributed by atoms with van der Waals surface area (Å²) in [6.45, 7) is 12.8. The van der Waals surface area contributed by atoms with Gasteiger partial charge in [-0.2, -0.15) is 0 Å². The third-order valence-corrected chi connectivity index (χ3v) is 4.65. The summed E-state index contributed by atoms with van der Waals surface area (Å²) in [6.07, 6.45) is 5.17. The maximum atomic E-state index is 12.4. The maximum absolute atomic E-state index is 12.4. The van der Waals surface area contributed by atoms with Crippen molar-refractivity contribution in [3.05, 3.63) is 17.7 Å². The van der Waals surface area contributed by atoms with Crippen molar-refractivity contribution in [3.63, 3.8) is 0 Å². The number of nitrogens with zero attached hydrogens (tertiary/aromatic N) is 4. The number of hydrogen-bond donors (Lipinski definition) is 0. The molecule has 1 aliphatic heterocycles. The SMILES string of the molecule is CCCn1c(C)cnc1CC1CCN(C(=O)N(CC)CC)C1. The molecule has 1 aromatic rings. The molecule has 1 fully saturated rings. The van der Waals surface area contributed by atoms with Gasteiger partial charge >= 0.3 is 6.03 Å². The third-order valence-electron chi connectivity index (χ3n) is 4.65. The Kier molecular flexibility index (Phi) is 5.86. The largest absolute Gasteiger partial charge is 0.332 e. The van der Waals surface area contributed by atoms with E-state index in [1.165, 1.54) is 11.5 Å². The number of aryl methyl sites for hydroxylation is 1. The van der Waals surface area contributed by atoms with Crippen molar-refractivity contribution in [1.29, 1.82) is 0 Å². The molecule has 1 atom stereocenters. The number of aromatic nitrogens is 2. The van der Waals surface area contributed by atoms with E-state index in [0.717, 1.165) is 52.0 Å². The fraction of sp³-hybridized carbons (Fsp3) is 0.765. The van der Waals surface area contributed by atoms with Crippen LogP contribution in [0, 0.1) is 12.8 Å². The number of rotatable bonds is 6. The van der Waals surface area contributed by atoms with E-state index in [1.54, 1.807) is 0 Å². The van der Waals surface area contributed by atoms with Crippen molar-refractivity contribution >= 4 is 6.03 Å². The Morgan fingerprint density at radius 3 is 2.73 bits per heavy atom. The molecular formula is C17H30N4O. The molecule has 0 radical (unpaired) electrons. The molecule has 2 rings (SSSR count). The number of amides is 2. The molecule has 5 heteroatoms. The highest BCUT2D eigenvalue weighted by Crippen LogP contribution is 2.22. The molecule has 22 heavy (non-hydrogen) atoms. The minimum Gasteiger partial charge on any atom is -0.332 e. The molecule has 0 N–H and O–H groups in total. The maximum Gasteiger partial charge on any atom is 0.319 e. The normalized spacial score (nSPS) is 18.0. The van der Waals surface area contributed by atoms with Crippen LogP contribution in [0.25, 0.3) is 0 Å². The Bertz CT molecular complexity index is 493. The highest BCUT2D eigenvalue weighted by molar-refractivity contribution is 5.74. The fourth-order valence-electron chi connectivity index (χ4n) is 3.33. The van der Waals surface area contributed by atoms with E-state index in [4.69, 9.17) is 0 Å². The molecule has 0 aromatic carbocycles. The van der Waals surface area contributed by atoms with Gasteiger partial charge in [0.25, 0.3) is 0 Å². The van der Waals surface area contributed by atoms with Crippen LogP contribution in [-0.2, 0) is 13.0 Å². The number of urea groups is 1. The van der Waals surface area contributed by atoms with Gasteiger partial charge in [0.1, 0.15) is 5.82 Å². The van der Waals surface area contributed by atoms with E-state index in [1.807, 2.05) is 29.8 Å². The van der Waals surface area contributed by atoms with Gasteiger partial charge in [-0.15, -0.1) is 0 Å². The van der Waals surface area contributed by atoms with Crippen LogP contribution in [0.5, 0.6) is 0 Å². The lowest BCUT2D eigenvalue weighted by atomic mass is 10.0. The zero-order chi connectivity index (χ0) is 16.1. The van der Waals surface area contributed by atoms with Crippen molar-refractivity contribution in [2.45, 2.75) is 53.5 Å². The van der Waals surface area contributed by atoms with Gasteiger partial charge in [-0.05, 0) is 39.5 Å². The molecule has 2 amide bonds. The topological polar surface area (TPSA) is 41.4 Å². The van der Waals surface area contributed by atoms with Gasteiger partial charge in [-0.25, -0.2) is 9.78 Å². The molecule has 1 aliphatic rings. The van der Waals surface area contributed by atoms with Crippen molar-refractivity contribution in [3.8, 4) is 0 Å². The smallest absolute Gasteiger partial charge is 0.319 e. The monoisotopic (exact) mass is 306 g/mol. The zero-order valence-corrected chi connectivity index (χ0v) is 14.5. The quantitative estimate of drug-likeness (QED) is 0.811. The van der Waals surface area contributed by atoms with Crippen LogP contribution in [-0.4, -0.2) is 51.6 Å². The van der Waals surface area contributed by atoms with Crippen molar-refractivity contribution in [1.82, 2.24) is 19.4 Å². The number of likely N-dealkylation sites (tertiary alicyclic amines) is 1. The first-order chi connectivity index (χ1) is 10.6. The molecule has 0 spiro atoms. The Labute approximate surface area is 134 Å². The van der Waals surface area contributed by atoms with E-state index in [2.05, 4.69) is 23.4 Å². The predicted octanol–water partition coefficient (Wildman–Crippen LogP) is 2.93. The molecule has 1 unspecified atom stereocenters. The van der Waals surface area contributed by atoms with Crippen molar-refractivity contribution in [2.24, 2.45) is 5.92 Å². The average molecular weight is 306 g/mol. The van der Waals surface area contributed by atoms with E-state index in [9.17, 15) is 4.79 Å². The highest BCUT2D eigenvalue weighted by atomic mass is 16.2. The van der Waals surface area contributed by atoms with Crippen molar-refractivity contribution < 1.29 is 4.79 Å². The Hall–Kier alpha value is -1.52. The van der Waals surface area contributed by atoms with Gasteiger partial charge < -0.3 is 14.4 Å². The summed E-state index contributed by atoms with van der Waals surface area (Å²) in [6, 6.07) is 0.195. The van der Waals surface area contributed by atoms with Gasteiger partial charge in [-0.1, -0.05) is 6.92 Å². The van der Waals surface area contributed by atoms with Gasteiger partial charge in [0.2, 0.25) is 0 Å². The number of hydrogen-bond acceptors (Lipinski definition) is 2. The summed E-state index contributed by atoms with van der Waals surface area (Å²) in [4.78, 5) is 20.9. The minimum absolute atomic E-state index is 0.195. The Morgan fingerprint density at radius 2 is 2.09 bits per heavy atom. The van der Waals surface area contributed by atoms with E-state index in [-0.39, 0.29) is 6.03 Å². The fourth-order valence-corrected chi connectivity index (χ4v) is 3.33. The molecule has 2 heterocycles. The minimum atomic E-state index is 0.195. The number of carbonyl (C=O) groups is 1. The van der Waals surface area contributed by atoms with Gasteiger partial charge in [0.15, 0.2) is 0 Å². The van der Waals surface area contributed by atoms with Crippen LogP contribution < -0.4 is 0 Å². The summed E-state index contributed by atoms with van der Waals surface area (Å²) in [5.74, 6) is 1.72. The van der Waals surface area contributed by atoms with Crippen LogP contribution in [0.15, 0.2) is 6.20 Å². The lowest BCUT2D eigenvalue weighted by Crippen LogP contribution is -2.42. The molecule has 5 nitrogen and oxygen atoms in total. The van der Waals surface area contributed by atoms with Crippen LogP contribution in [0.3, 0.4) is 0 Å². The summed E-state index contributed by atoms with van der Waals surface area (Å²) >= 11 is 0. The van der Waals surface area contributed by atoms with Crippen LogP contribution in [0.4, 0.5) is 4.79 Å². The van der Waals surface area contributed by atoms with Crippen LogP contribution in [0.2, 0.25) is 0 Å². The third kappa shape index (κ3) is 3.62. The second kappa shape index (κ2) is 7.65. The predicted molar refractivity (Wildman–Crippen MR) is 89.0 cm³/mol.